The lowest BCUT2D eigenvalue weighted by atomic mass is 10.3. The molecule has 9 heteroatoms. The molecule has 0 radical (unpaired) electrons. The SMILES string of the molecule is Cn1cnc(S(=O)(=O)NCC(=O)Nc2ccc(Oc3ccccc3)cc2)c1. The molecule has 2 aromatic carbocycles. The van der Waals surface area contributed by atoms with Crippen LogP contribution in [0.1, 0.15) is 0 Å². The molecule has 0 bridgehead atoms. The maximum atomic E-state index is 12.0. The molecule has 2 N–H and O–H groups in total. The molecule has 0 unspecified atom stereocenters. The van der Waals surface area contributed by atoms with Crippen LogP contribution >= 0.6 is 0 Å². The topological polar surface area (TPSA) is 102 Å². The number of carbonyl (C=O) groups is 1. The number of anilines is 1. The van der Waals surface area contributed by atoms with Crippen LogP contribution in [0.5, 0.6) is 11.5 Å². The first-order valence-corrected chi connectivity index (χ1v) is 9.51. The van der Waals surface area contributed by atoms with Crippen LogP contribution in [-0.2, 0) is 21.9 Å². The second-order valence-electron chi connectivity index (χ2n) is 5.69. The Morgan fingerprint density at radius 2 is 1.74 bits per heavy atom. The van der Waals surface area contributed by atoms with E-state index in [9.17, 15) is 13.2 Å². The third-order valence-electron chi connectivity index (χ3n) is 3.50. The summed E-state index contributed by atoms with van der Waals surface area (Å²) in [6, 6.07) is 16.1. The number of nitrogens with zero attached hydrogens (tertiary/aromatic N) is 2. The first-order chi connectivity index (χ1) is 12.9. The van der Waals surface area contributed by atoms with E-state index in [1.807, 2.05) is 30.3 Å². The molecule has 0 aliphatic heterocycles. The Morgan fingerprint density at radius 3 is 2.37 bits per heavy atom. The summed E-state index contributed by atoms with van der Waals surface area (Å²) in [6.07, 6.45) is 2.72. The number of ether oxygens (including phenoxy) is 1. The van der Waals surface area contributed by atoms with Gasteiger partial charge in [0.25, 0.3) is 10.0 Å². The standard InChI is InChI=1S/C18H18N4O4S/c1-22-12-18(19-13-22)27(24,25)20-11-17(23)21-14-7-9-16(10-8-14)26-15-5-3-2-4-6-15/h2-10,12-13,20H,11H2,1H3,(H,21,23). The van der Waals surface area contributed by atoms with Crippen LogP contribution in [-0.4, -0.2) is 30.4 Å². The third-order valence-corrected chi connectivity index (χ3v) is 4.78. The van der Waals surface area contributed by atoms with Gasteiger partial charge in [-0.2, -0.15) is 0 Å². The maximum absolute atomic E-state index is 12.0. The summed E-state index contributed by atoms with van der Waals surface area (Å²) in [6.45, 7) is -0.402. The normalized spacial score (nSPS) is 11.1. The van der Waals surface area contributed by atoms with E-state index in [0.717, 1.165) is 0 Å². The first kappa shape index (κ1) is 18.6. The lowest BCUT2D eigenvalue weighted by Crippen LogP contribution is -2.33. The highest BCUT2D eigenvalue weighted by molar-refractivity contribution is 7.89. The van der Waals surface area contributed by atoms with Gasteiger partial charge in [0.15, 0.2) is 5.03 Å². The summed E-state index contributed by atoms with van der Waals surface area (Å²) >= 11 is 0. The zero-order valence-electron chi connectivity index (χ0n) is 14.5. The summed E-state index contributed by atoms with van der Waals surface area (Å²) in [4.78, 5) is 15.7. The number of benzene rings is 2. The Morgan fingerprint density at radius 1 is 1.07 bits per heavy atom. The van der Waals surface area contributed by atoms with Crippen molar-refractivity contribution >= 4 is 21.6 Å². The number of hydrogen-bond donors (Lipinski definition) is 2. The summed E-state index contributed by atoms with van der Waals surface area (Å²) in [5.41, 5.74) is 0.525. The fraction of sp³-hybridized carbons (Fsp3) is 0.111. The van der Waals surface area contributed by atoms with E-state index in [4.69, 9.17) is 4.74 Å². The summed E-state index contributed by atoms with van der Waals surface area (Å²) in [5, 5.41) is 2.48. The highest BCUT2D eigenvalue weighted by Gasteiger charge is 2.18. The first-order valence-electron chi connectivity index (χ1n) is 8.03. The van der Waals surface area contributed by atoms with E-state index in [1.165, 1.54) is 17.1 Å². The number of aromatic nitrogens is 2. The van der Waals surface area contributed by atoms with Gasteiger partial charge in [-0.25, -0.2) is 18.1 Å². The number of hydrogen-bond acceptors (Lipinski definition) is 5. The van der Waals surface area contributed by atoms with Crippen molar-refractivity contribution in [3.63, 3.8) is 0 Å². The van der Waals surface area contributed by atoms with Gasteiger partial charge in [-0.1, -0.05) is 18.2 Å². The van der Waals surface area contributed by atoms with Crippen molar-refractivity contribution in [2.75, 3.05) is 11.9 Å². The molecular formula is C18H18N4O4S. The Kier molecular flexibility index (Phi) is 5.53. The Hall–Kier alpha value is -3.17. The van der Waals surface area contributed by atoms with Crippen molar-refractivity contribution in [3.05, 3.63) is 67.1 Å². The molecule has 140 valence electrons. The summed E-state index contributed by atoms with van der Waals surface area (Å²) in [7, 11) is -2.17. The van der Waals surface area contributed by atoms with Crippen LogP contribution in [0.2, 0.25) is 0 Å². The molecule has 3 aromatic rings. The van der Waals surface area contributed by atoms with Crippen LogP contribution in [0.15, 0.2) is 72.1 Å². The molecule has 0 saturated carbocycles. The number of amides is 1. The van der Waals surface area contributed by atoms with Gasteiger partial charge in [0, 0.05) is 18.9 Å². The van der Waals surface area contributed by atoms with Crippen molar-refractivity contribution in [1.29, 1.82) is 0 Å². The molecule has 0 aliphatic carbocycles. The fourth-order valence-electron chi connectivity index (χ4n) is 2.20. The van der Waals surface area contributed by atoms with E-state index < -0.39 is 22.5 Å². The van der Waals surface area contributed by atoms with E-state index >= 15 is 0 Å². The molecule has 8 nitrogen and oxygen atoms in total. The molecular weight excluding hydrogens is 368 g/mol. The minimum absolute atomic E-state index is 0.139. The number of nitrogens with one attached hydrogen (secondary N) is 2. The van der Waals surface area contributed by atoms with Gasteiger partial charge in [-0.3, -0.25) is 4.79 Å². The van der Waals surface area contributed by atoms with Crippen molar-refractivity contribution in [1.82, 2.24) is 14.3 Å². The fourth-order valence-corrected chi connectivity index (χ4v) is 3.16. The van der Waals surface area contributed by atoms with Crippen molar-refractivity contribution < 1.29 is 17.9 Å². The Labute approximate surface area is 156 Å². The van der Waals surface area contributed by atoms with E-state index in [2.05, 4.69) is 15.0 Å². The predicted octanol–water partition coefficient (Wildman–Crippen LogP) is 2.13. The Bertz CT molecular complexity index is 1020. The van der Waals surface area contributed by atoms with E-state index in [1.54, 1.807) is 31.3 Å². The minimum Gasteiger partial charge on any atom is -0.457 e. The molecule has 0 fully saturated rings. The highest BCUT2D eigenvalue weighted by Crippen LogP contribution is 2.22. The van der Waals surface area contributed by atoms with Gasteiger partial charge in [0.05, 0.1) is 12.9 Å². The average Bonchev–Trinajstić information content (AvgIpc) is 3.10. The lowest BCUT2D eigenvalue weighted by Gasteiger charge is -2.08. The van der Waals surface area contributed by atoms with Crippen LogP contribution in [0.3, 0.4) is 0 Å². The molecule has 27 heavy (non-hydrogen) atoms. The zero-order valence-corrected chi connectivity index (χ0v) is 15.3. The number of rotatable bonds is 7. The monoisotopic (exact) mass is 386 g/mol. The molecule has 0 saturated heterocycles. The van der Waals surface area contributed by atoms with Gasteiger partial charge in [0.1, 0.15) is 11.5 Å². The molecule has 0 spiro atoms. The molecule has 0 atom stereocenters. The molecule has 1 amide bonds. The van der Waals surface area contributed by atoms with Crippen LogP contribution < -0.4 is 14.8 Å². The number of carbonyl (C=O) groups excluding carboxylic acids is 1. The number of aryl methyl sites for hydroxylation is 1. The largest absolute Gasteiger partial charge is 0.457 e. The molecule has 1 heterocycles. The number of para-hydroxylation sites is 1. The Balaban J connectivity index is 1.53. The predicted molar refractivity (Wildman–Crippen MR) is 100.0 cm³/mol. The number of sulfonamides is 1. The van der Waals surface area contributed by atoms with Crippen LogP contribution in [0, 0.1) is 0 Å². The molecule has 3 rings (SSSR count). The average molecular weight is 386 g/mol. The lowest BCUT2D eigenvalue weighted by molar-refractivity contribution is -0.115. The van der Waals surface area contributed by atoms with Crippen LogP contribution in [0.4, 0.5) is 5.69 Å². The number of imidazole rings is 1. The van der Waals surface area contributed by atoms with Gasteiger partial charge < -0.3 is 14.6 Å². The second kappa shape index (κ2) is 8.02. The van der Waals surface area contributed by atoms with Gasteiger partial charge in [0.2, 0.25) is 5.91 Å². The quantitative estimate of drug-likeness (QED) is 0.648. The summed E-state index contributed by atoms with van der Waals surface area (Å²) in [5.74, 6) is 0.833. The second-order valence-corrected chi connectivity index (χ2v) is 7.40. The van der Waals surface area contributed by atoms with Gasteiger partial charge in [-0.05, 0) is 36.4 Å². The van der Waals surface area contributed by atoms with Gasteiger partial charge in [-0.15, -0.1) is 0 Å². The smallest absolute Gasteiger partial charge is 0.260 e. The van der Waals surface area contributed by atoms with Crippen molar-refractivity contribution in [3.8, 4) is 11.5 Å². The summed E-state index contributed by atoms with van der Waals surface area (Å²) < 4.78 is 33.5. The third kappa shape index (κ3) is 5.16. The van der Waals surface area contributed by atoms with Crippen molar-refractivity contribution in [2.24, 2.45) is 7.05 Å². The molecule has 1 aromatic heterocycles. The van der Waals surface area contributed by atoms with Crippen LogP contribution in [0.25, 0.3) is 0 Å². The minimum atomic E-state index is -3.83. The maximum Gasteiger partial charge on any atom is 0.260 e. The van der Waals surface area contributed by atoms with Crippen molar-refractivity contribution in [2.45, 2.75) is 5.03 Å². The molecule has 0 aliphatic rings. The van der Waals surface area contributed by atoms with Gasteiger partial charge >= 0.3 is 0 Å². The zero-order chi connectivity index (χ0) is 19.3. The highest BCUT2D eigenvalue weighted by atomic mass is 32.2. The van der Waals surface area contributed by atoms with E-state index in [0.29, 0.717) is 17.2 Å². The van der Waals surface area contributed by atoms with E-state index in [-0.39, 0.29) is 5.03 Å².